The van der Waals surface area contributed by atoms with E-state index in [4.69, 9.17) is 9.05 Å². The largest absolute Gasteiger partial charge is 0.472 e. The minimum atomic E-state index is -4.36. The highest BCUT2D eigenvalue weighted by Gasteiger charge is 2.27. The fraction of sp³-hybridized carbons (Fsp3) is 0.652. The second-order valence-electron chi connectivity index (χ2n) is 21.0. The van der Waals surface area contributed by atoms with E-state index in [1.807, 2.05) is 27.2 Å². The van der Waals surface area contributed by atoms with Gasteiger partial charge >= 0.3 is 7.82 Å². The first-order valence-corrected chi connectivity index (χ1v) is 31.6. The lowest BCUT2D eigenvalue weighted by molar-refractivity contribution is -0.870. The Morgan fingerprint density at radius 2 is 0.800 bits per heavy atom. The molecule has 0 fully saturated rings. The number of phosphoric ester groups is 1. The van der Waals surface area contributed by atoms with Gasteiger partial charge in [0.15, 0.2) is 0 Å². The van der Waals surface area contributed by atoms with Crippen LogP contribution >= 0.6 is 7.82 Å². The summed E-state index contributed by atoms with van der Waals surface area (Å²) in [4.78, 5) is 23.3. The molecule has 0 aliphatic rings. The highest BCUT2D eigenvalue weighted by molar-refractivity contribution is 7.47. The van der Waals surface area contributed by atoms with Crippen LogP contribution in [0.2, 0.25) is 0 Å². The van der Waals surface area contributed by atoms with Gasteiger partial charge < -0.3 is 19.8 Å². The van der Waals surface area contributed by atoms with Crippen molar-refractivity contribution in [3.05, 3.63) is 134 Å². The van der Waals surface area contributed by atoms with E-state index < -0.39 is 20.0 Å². The number of aliphatic hydroxyl groups is 1. The van der Waals surface area contributed by atoms with Crippen molar-refractivity contribution in [2.45, 2.75) is 238 Å². The minimum absolute atomic E-state index is 0.0535. The summed E-state index contributed by atoms with van der Waals surface area (Å²) in [5.74, 6) is -0.191. The number of hydrogen-bond acceptors (Lipinski definition) is 5. The van der Waals surface area contributed by atoms with Gasteiger partial charge in [0.05, 0.1) is 39.9 Å². The van der Waals surface area contributed by atoms with Crippen molar-refractivity contribution in [1.29, 1.82) is 0 Å². The molecule has 0 aromatic rings. The normalized spacial score (nSPS) is 14.8. The van der Waals surface area contributed by atoms with E-state index >= 15 is 0 Å². The lowest BCUT2D eigenvalue weighted by Gasteiger charge is -2.25. The van der Waals surface area contributed by atoms with Gasteiger partial charge in [0, 0.05) is 6.42 Å². The molecule has 428 valence electrons. The minimum Gasteiger partial charge on any atom is -0.387 e. The maximum atomic E-state index is 13.0. The predicted octanol–water partition coefficient (Wildman–Crippen LogP) is 18.7. The van der Waals surface area contributed by atoms with Gasteiger partial charge in [0.25, 0.3) is 0 Å². The van der Waals surface area contributed by atoms with E-state index in [2.05, 4.69) is 141 Å². The lowest BCUT2D eigenvalue weighted by atomic mass is 10.0. The van der Waals surface area contributed by atoms with Gasteiger partial charge in [-0.2, -0.15) is 0 Å². The highest BCUT2D eigenvalue weighted by Crippen LogP contribution is 2.43. The van der Waals surface area contributed by atoms with Crippen LogP contribution in [-0.2, 0) is 18.4 Å². The number of rotatable bonds is 53. The molecule has 0 aromatic carbocycles. The molecule has 3 unspecified atom stereocenters. The number of hydrogen-bond donors (Lipinski definition) is 3. The van der Waals surface area contributed by atoms with Gasteiger partial charge in [-0.1, -0.05) is 257 Å². The summed E-state index contributed by atoms with van der Waals surface area (Å²) in [6.45, 7) is 4.68. The van der Waals surface area contributed by atoms with E-state index in [0.717, 1.165) is 116 Å². The Hall–Kier alpha value is -3.36. The Kier molecular flexibility index (Phi) is 52.9. The number of carbonyl (C=O) groups excluding carboxylic acids is 1. The number of likely N-dealkylation sites (N-methyl/N-ethyl adjacent to an activating group) is 1. The van der Waals surface area contributed by atoms with Crippen LogP contribution in [-0.4, -0.2) is 73.4 Å². The third-order valence-corrected chi connectivity index (χ3v) is 13.6. The molecule has 0 rings (SSSR count). The van der Waals surface area contributed by atoms with Gasteiger partial charge in [0.1, 0.15) is 13.2 Å². The Balaban J connectivity index is 4.14. The maximum Gasteiger partial charge on any atom is 0.472 e. The van der Waals surface area contributed by atoms with E-state index in [1.165, 1.54) is 89.9 Å². The van der Waals surface area contributed by atoms with Crippen LogP contribution in [0.3, 0.4) is 0 Å². The lowest BCUT2D eigenvalue weighted by Crippen LogP contribution is -2.45. The Bertz CT molecular complexity index is 1680. The molecule has 0 spiro atoms. The molecular weight excluding hydrogens is 948 g/mol. The maximum absolute atomic E-state index is 13.0. The number of amides is 1. The van der Waals surface area contributed by atoms with Crippen molar-refractivity contribution in [3.63, 3.8) is 0 Å². The zero-order valence-electron chi connectivity index (χ0n) is 48.7. The third-order valence-electron chi connectivity index (χ3n) is 12.6. The topological polar surface area (TPSA) is 105 Å². The highest BCUT2D eigenvalue weighted by atomic mass is 31.2. The number of nitrogens with one attached hydrogen (secondary N) is 1. The quantitative estimate of drug-likeness (QED) is 0.0243. The smallest absolute Gasteiger partial charge is 0.387 e. The molecule has 0 aromatic heterocycles. The van der Waals surface area contributed by atoms with Gasteiger partial charge in [-0.3, -0.25) is 13.8 Å². The number of phosphoric acid groups is 1. The molecule has 0 bridgehead atoms. The summed E-state index contributed by atoms with van der Waals surface area (Å²) in [5, 5.41) is 13.9. The van der Waals surface area contributed by atoms with Crippen LogP contribution in [0.15, 0.2) is 134 Å². The predicted molar refractivity (Wildman–Crippen MR) is 327 cm³/mol. The van der Waals surface area contributed by atoms with Crippen molar-refractivity contribution < 1.29 is 32.9 Å². The first-order chi connectivity index (χ1) is 36.5. The number of quaternary nitrogens is 1. The number of allylic oxidation sites excluding steroid dienone is 21. The monoisotopic (exact) mass is 1060 g/mol. The molecule has 0 radical (unpaired) electrons. The first kappa shape index (κ1) is 71.6. The number of nitrogens with zero attached hydrogens (tertiary/aromatic N) is 1. The van der Waals surface area contributed by atoms with Crippen LogP contribution in [0, 0.1) is 0 Å². The summed E-state index contributed by atoms with van der Waals surface area (Å²) < 4.78 is 23.7. The Morgan fingerprint density at radius 3 is 1.17 bits per heavy atom. The molecule has 0 aliphatic heterocycles. The van der Waals surface area contributed by atoms with Crippen LogP contribution in [0.25, 0.3) is 0 Å². The Morgan fingerprint density at radius 1 is 0.467 bits per heavy atom. The standard InChI is InChI=1S/C66H113N2O6P/c1-6-8-10-12-14-16-18-20-22-23-24-25-26-27-28-29-30-31-32-33-34-35-36-37-38-39-40-41-42-43-44-45-46-48-50-52-54-56-58-60-66(70)67-64(63-74-75(71,72)73-62-61-68(3,4)5)65(69)59-57-55-53-51-49-47-21-19-17-15-13-11-9-7-2/h8,10,14,16,20,22,24-25,27-28,30-31,33-34,36-37,39-40,42-43,57,59,64-65,69H,6-7,9,11-13,15,17-19,21,23,26,29,32,35,38,41,44-56,58,60-63H2,1-5H3,(H-,67,70,71,72)/p+1/b10-8-,16-14-,22-20-,25-24-,28-27-,31-30-,34-33-,37-36-,40-39-,43-42-,59-57+. The van der Waals surface area contributed by atoms with E-state index in [9.17, 15) is 19.4 Å². The van der Waals surface area contributed by atoms with E-state index in [1.54, 1.807) is 6.08 Å². The number of unbranched alkanes of at least 4 members (excludes halogenated alkanes) is 20. The third kappa shape index (κ3) is 58.2. The van der Waals surface area contributed by atoms with Gasteiger partial charge in [0.2, 0.25) is 5.91 Å². The first-order valence-electron chi connectivity index (χ1n) is 30.1. The van der Waals surface area contributed by atoms with E-state index in [0.29, 0.717) is 17.4 Å². The van der Waals surface area contributed by atoms with Crippen LogP contribution in [0.4, 0.5) is 0 Å². The van der Waals surface area contributed by atoms with Crippen molar-refractivity contribution in [2.75, 3.05) is 40.9 Å². The van der Waals surface area contributed by atoms with Crippen LogP contribution < -0.4 is 5.32 Å². The van der Waals surface area contributed by atoms with Crippen molar-refractivity contribution in [2.24, 2.45) is 0 Å². The molecule has 0 saturated heterocycles. The molecule has 9 heteroatoms. The molecule has 8 nitrogen and oxygen atoms in total. The molecule has 0 aliphatic carbocycles. The fourth-order valence-corrected chi connectivity index (χ4v) is 8.69. The van der Waals surface area contributed by atoms with Crippen molar-refractivity contribution in [1.82, 2.24) is 5.32 Å². The van der Waals surface area contributed by atoms with Crippen LogP contribution in [0.1, 0.15) is 226 Å². The van der Waals surface area contributed by atoms with Gasteiger partial charge in [-0.05, 0) is 96.3 Å². The zero-order chi connectivity index (χ0) is 54.9. The SMILES string of the molecule is CC/C=C\C/C=C\C/C=C\C/C=C\C/C=C\C/C=C\C/C=C\C/C=C\C/C=C\C/C=C\CCCCCCCCCCC(=O)NC(COP(=O)(O)OCC[N+](C)(C)C)C(O)/C=C/CCCCCCCCCCCCCC. The van der Waals surface area contributed by atoms with Gasteiger partial charge in [-0.25, -0.2) is 4.57 Å². The number of aliphatic hydroxyl groups excluding tert-OH is 1. The molecule has 75 heavy (non-hydrogen) atoms. The molecule has 0 saturated carbocycles. The van der Waals surface area contributed by atoms with Crippen molar-refractivity contribution >= 4 is 13.7 Å². The molecule has 0 heterocycles. The zero-order valence-corrected chi connectivity index (χ0v) is 49.6. The van der Waals surface area contributed by atoms with Gasteiger partial charge in [-0.15, -0.1) is 0 Å². The fourth-order valence-electron chi connectivity index (χ4n) is 7.95. The second kappa shape index (κ2) is 55.4. The molecule has 1 amide bonds. The summed E-state index contributed by atoms with van der Waals surface area (Å²) in [7, 11) is 1.55. The summed E-state index contributed by atoms with van der Waals surface area (Å²) in [6.07, 6.45) is 84.1. The average molecular weight is 1060 g/mol. The number of carbonyl (C=O) groups is 1. The Labute approximate surface area is 462 Å². The second-order valence-corrected chi connectivity index (χ2v) is 22.4. The summed E-state index contributed by atoms with van der Waals surface area (Å²) in [5.41, 5.74) is 0. The summed E-state index contributed by atoms with van der Waals surface area (Å²) in [6, 6.07) is -0.860. The molecule has 3 N–H and O–H groups in total. The average Bonchev–Trinajstić information content (AvgIpc) is 3.37. The molecule has 3 atom stereocenters. The van der Waals surface area contributed by atoms with Crippen LogP contribution in [0.5, 0.6) is 0 Å². The van der Waals surface area contributed by atoms with Crippen molar-refractivity contribution in [3.8, 4) is 0 Å². The molecular formula is C66H114N2O6P+. The van der Waals surface area contributed by atoms with E-state index in [-0.39, 0.29) is 19.1 Å². The summed E-state index contributed by atoms with van der Waals surface area (Å²) >= 11 is 0.